The SMILES string of the molecule is OC1CCCC(CNCc2cc(F)c(F)cc2F)C1. The van der Waals surface area contributed by atoms with E-state index in [-0.39, 0.29) is 18.2 Å². The Labute approximate surface area is 110 Å². The summed E-state index contributed by atoms with van der Waals surface area (Å²) in [6.07, 6.45) is 3.36. The van der Waals surface area contributed by atoms with Crippen LogP contribution in [0.5, 0.6) is 0 Å². The molecule has 0 aliphatic heterocycles. The normalized spacial score (nSPS) is 23.6. The Bertz CT molecular complexity index is 439. The molecule has 0 heterocycles. The van der Waals surface area contributed by atoms with E-state index in [0.717, 1.165) is 31.7 Å². The Hall–Kier alpha value is -1.07. The van der Waals surface area contributed by atoms with Crippen LogP contribution >= 0.6 is 0 Å². The van der Waals surface area contributed by atoms with Crippen molar-refractivity contribution >= 4 is 0 Å². The van der Waals surface area contributed by atoms with Crippen molar-refractivity contribution < 1.29 is 18.3 Å². The summed E-state index contributed by atoms with van der Waals surface area (Å²) in [7, 11) is 0. The third-order valence-electron chi connectivity index (χ3n) is 3.59. The molecule has 1 aliphatic carbocycles. The van der Waals surface area contributed by atoms with E-state index in [0.29, 0.717) is 18.5 Å². The summed E-state index contributed by atoms with van der Waals surface area (Å²) >= 11 is 0. The number of benzene rings is 1. The fraction of sp³-hybridized carbons (Fsp3) is 0.571. The van der Waals surface area contributed by atoms with E-state index in [1.807, 2.05) is 0 Å². The summed E-state index contributed by atoms with van der Waals surface area (Å²) in [6.45, 7) is 0.811. The molecule has 5 heteroatoms. The highest BCUT2D eigenvalue weighted by Crippen LogP contribution is 2.23. The number of hydrogen-bond acceptors (Lipinski definition) is 2. The van der Waals surface area contributed by atoms with Crippen molar-refractivity contribution in [2.24, 2.45) is 5.92 Å². The van der Waals surface area contributed by atoms with E-state index in [9.17, 15) is 18.3 Å². The fourth-order valence-electron chi connectivity index (χ4n) is 2.56. The number of hydrogen-bond donors (Lipinski definition) is 2. The molecule has 2 unspecified atom stereocenters. The Balaban J connectivity index is 1.84. The van der Waals surface area contributed by atoms with Gasteiger partial charge < -0.3 is 10.4 Å². The molecule has 0 bridgehead atoms. The summed E-state index contributed by atoms with van der Waals surface area (Å²) in [5.41, 5.74) is 0.121. The fourth-order valence-corrected chi connectivity index (χ4v) is 2.56. The quantitative estimate of drug-likeness (QED) is 0.827. The molecule has 0 amide bonds. The summed E-state index contributed by atoms with van der Waals surface area (Å²) in [5, 5.41) is 12.6. The zero-order valence-electron chi connectivity index (χ0n) is 10.6. The summed E-state index contributed by atoms with van der Waals surface area (Å²) in [6, 6.07) is 1.45. The lowest BCUT2D eigenvalue weighted by Gasteiger charge is -2.26. The first-order valence-electron chi connectivity index (χ1n) is 6.58. The van der Waals surface area contributed by atoms with E-state index >= 15 is 0 Å². The maximum atomic E-state index is 13.4. The highest BCUT2D eigenvalue weighted by atomic mass is 19.2. The summed E-state index contributed by atoms with van der Waals surface area (Å²) < 4.78 is 39.1. The van der Waals surface area contributed by atoms with Gasteiger partial charge in [0.2, 0.25) is 0 Å². The smallest absolute Gasteiger partial charge is 0.161 e. The first-order valence-corrected chi connectivity index (χ1v) is 6.58. The molecule has 1 aromatic rings. The molecule has 2 rings (SSSR count). The molecule has 1 fully saturated rings. The van der Waals surface area contributed by atoms with Crippen molar-refractivity contribution in [3.63, 3.8) is 0 Å². The Morgan fingerprint density at radius 1 is 1.11 bits per heavy atom. The average molecular weight is 273 g/mol. The van der Waals surface area contributed by atoms with Gasteiger partial charge in [-0.3, -0.25) is 0 Å². The highest BCUT2D eigenvalue weighted by Gasteiger charge is 2.19. The zero-order chi connectivity index (χ0) is 13.8. The second-order valence-electron chi connectivity index (χ2n) is 5.18. The summed E-state index contributed by atoms with van der Waals surface area (Å²) in [5.74, 6) is -2.59. The van der Waals surface area contributed by atoms with Gasteiger partial charge in [0.15, 0.2) is 11.6 Å². The van der Waals surface area contributed by atoms with Gasteiger partial charge in [-0.25, -0.2) is 13.2 Å². The lowest BCUT2D eigenvalue weighted by Crippen LogP contribution is -2.29. The van der Waals surface area contributed by atoms with E-state index in [1.54, 1.807) is 0 Å². The summed E-state index contributed by atoms with van der Waals surface area (Å²) in [4.78, 5) is 0. The van der Waals surface area contributed by atoms with Gasteiger partial charge >= 0.3 is 0 Å². The van der Waals surface area contributed by atoms with Crippen LogP contribution in [0, 0.1) is 23.4 Å². The van der Waals surface area contributed by atoms with Crippen molar-refractivity contribution in [3.8, 4) is 0 Å². The standard InChI is InChI=1S/C14H18F3NO/c15-12-6-14(17)13(16)5-10(12)8-18-7-9-2-1-3-11(19)4-9/h5-6,9,11,18-19H,1-4,7-8H2. The minimum atomic E-state index is -1.17. The maximum Gasteiger partial charge on any atom is 0.161 e. The monoisotopic (exact) mass is 273 g/mol. The number of aliphatic hydroxyl groups excluding tert-OH is 1. The van der Waals surface area contributed by atoms with E-state index < -0.39 is 17.5 Å². The van der Waals surface area contributed by atoms with E-state index in [2.05, 4.69) is 5.32 Å². The van der Waals surface area contributed by atoms with Gasteiger partial charge in [0.25, 0.3) is 0 Å². The number of nitrogens with one attached hydrogen (secondary N) is 1. The molecule has 0 aromatic heterocycles. The number of rotatable bonds is 4. The van der Waals surface area contributed by atoms with Crippen LogP contribution in [0.4, 0.5) is 13.2 Å². The molecule has 106 valence electrons. The third kappa shape index (κ3) is 3.94. The molecule has 19 heavy (non-hydrogen) atoms. The largest absolute Gasteiger partial charge is 0.393 e. The predicted molar refractivity (Wildman–Crippen MR) is 66.0 cm³/mol. The second-order valence-corrected chi connectivity index (χ2v) is 5.18. The molecule has 2 atom stereocenters. The lowest BCUT2D eigenvalue weighted by molar-refractivity contribution is 0.100. The number of halogens is 3. The highest BCUT2D eigenvalue weighted by molar-refractivity contribution is 5.19. The minimum absolute atomic E-state index is 0.121. The Morgan fingerprint density at radius 2 is 1.84 bits per heavy atom. The van der Waals surface area contributed by atoms with Crippen LogP contribution in [-0.4, -0.2) is 17.8 Å². The molecule has 2 N–H and O–H groups in total. The van der Waals surface area contributed by atoms with Gasteiger partial charge in [0.1, 0.15) is 5.82 Å². The molecule has 1 saturated carbocycles. The van der Waals surface area contributed by atoms with Gasteiger partial charge in [-0.2, -0.15) is 0 Å². The molecule has 0 radical (unpaired) electrons. The van der Waals surface area contributed by atoms with Crippen LogP contribution in [0.15, 0.2) is 12.1 Å². The molecule has 0 saturated heterocycles. The minimum Gasteiger partial charge on any atom is -0.393 e. The van der Waals surface area contributed by atoms with Crippen molar-refractivity contribution in [3.05, 3.63) is 35.1 Å². The molecule has 2 nitrogen and oxygen atoms in total. The first-order chi connectivity index (χ1) is 9.06. The van der Waals surface area contributed by atoms with Crippen LogP contribution < -0.4 is 5.32 Å². The Morgan fingerprint density at radius 3 is 2.58 bits per heavy atom. The Kier molecular flexibility index (Phi) is 4.82. The van der Waals surface area contributed by atoms with Crippen LogP contribution in [0.1, 0.15) is 31.2 Å². The second kappa shape index (κ2) is 6.39. The van der Waals surface area contributed by atoms with Crippen LogP contribution in [0.3, 0.4) is 0 Å². The van der Waals surface area contributed by atoms with Crippen LogP contribution in [-0.2, 0) is 6.54 Å². The molecule has 0 spiro atoms. The maximum absolute atomic E-state index is 13.4. The van der Waals surface area contributed by atoms with Crippen molar-refractivity contribution in [2.45, 2.75) is 38.3 Å². The molecule has 1 aliphatic rings. The van der Waals surface area contributed by atoms with Gasteiger partial charge in [-0.15, -0.1) is 0 Å². The van der Waals surface area contributed by atoms with Crippen molar-refractivity contribution in [1.82, 2.24) is 5.32 Å². The van der Waals surface area contributed by atoms with Gasteiger partial charge in [0, 0.05) is 18.2 Å². The van der Waals surface area contributed by atoms with Crippen molar-refractivity contribution in [1.29, 1.82) is 0 Å². The van der Waals surface area contributed by atoms with Crippen molar-refractivity contribution in [2.75, 3.05) is 6.54 Å². The number of aliphatic hydroxyl groups is 1. The van der Waals surface area contributed by atoms with E-state index in [4.69, 9.17) is 0 Å². The first kappa shape index (κ1) is 14.3. The van der Waals surface area contributed by atoms with E-state index in [1.165, 1.54) is 0 Å². The average Bonchev–Trinajstić information content (AvgIpc) is 2.35. The molecular weight excluding hydrogens is 255 g/mol. The molecular formula is C14H18F3NO. The zero-order valence-corrected chi connectivity index (χ0v) is 10.6. The van der Waals surface area contributed by atoms with Gasteiger partial charge in [0.05, 0.1) is 6.10 Å². The third-order valence-corrected chi connectivity index (χ3v) is 3.59. The lowest BCUT2D eigenvalue weighted by atomic mass is 9.87. The topological polar surface area (TPSA) is 32.3 Å². The van der Waals surface area contributed by atoms with Gasteiger partial charge in [-0.05, 0) is 37.8 Å². The van der Waals surface area contributed by atoms with Crippen LogP contribution in [0.25, 0.3) is 0 Å². The predicted octanol–water partition coefficient (Wildman–Crippen LogP) is 2.74. The van der Waals surface area contributed by atoms with Gasteiger partial charge in [-0.1, -0.05) is 6.42 Å². The molecule has 1 aromatic carbocycles. The van der Waals surface area contributed by atoms with Crippen LogP contribution in [0.2, 0.25) is 0 Å².